The predicted molar refractivity (Wildman–Crippen MR) is 92.2 cm³/mol. The maximum Gasteiger partial charge on any atom is 0.319 e. The van der Waals surface area contributed by atoms with Crippen LogP contribution in [0.25, 0.3) is 11.1 Å². The summed E-state index contributed by atoms with van der Waals surface area (Å²) in [6.07, 6.45) is 1.19. The van der Waals surface area contributed by atoms with Crippen LogP contribution in [0.1, 0.15) is 13.8 Å². The maximum absolute atomic E-state index is 11.9. The molecule has 0 unspecified atom stereocenters. The van der Waals surface area contributed by atoms with E-state index >= 15 is 0 Å². The van der Waals surface area contributed by atoms with Crippen LogP contribution in [0.5, 0.6) is 0 Å². The molecule has 0 fully saturated rings. The highest BCUT2D eigenvalue weighted by Crippen LogP contribution is 2.29. The molecular weight excluding hydrogens is 312 g/mol. The molecule has 0 spiro atoms. The van der Waals surface area contributed by atoms with E-state index in [0.717, 1.165) is 5.56 Å². The molecular formula is C17H20N2O3S. The maximum atomic E-state index is 11.9. The van der Waals surface area contributed by atoms with Gasteiger partial charge in [-0.25, -0.2) is 13.2 Å². The third-order valence-corrected chi connectivity index (χ3v) is 4.65. The molecule has 0 aliphatic heterocycles. The number of benzene rings is 2. The molecule has 0 saturated carbocycles. The van der Waals surface area contributed by atoms with Crippen LogP contribution in [0.4, 0.5) is 10.5 Å². The summed E-state index contributed by atoms with van der Waals surface area (Å²) < 4.78 is 23.8. The second-order valence-corrected chi connectivity index (χ2v) is 7.60. The standard InChI is InChI=1S/C17H20N2O3S/c1-12(2)19(17(18)20)14-10-8-13(9-11-14)15-6-4-5-7-16(15)23(3,21)22/h4-12H,1-3H3,(H2,18,20). The number of primary amides is 1. The van der Waals surface area contributed by atoms with Gasteiger partial charge in [0.1, 0.15) is 0 Å². The van der Waals surface area contributed by atoms with Crippen molar-refractivity contribution in [2.75, 3.05) is 11.2 Å². The quantitative estimate of drug-likeness (QED) is 0.934. The van der Waals surface area contributed by atoms with Gasteiger partial charge in [0, 0.05) is 23.5 Å². The minimum atomic E-state index is -3.32. The first-order chi connectivity index (χ1) is 10.7. The first-order valence-electron chi connectivity index (χ1n) is 7.20. The monoisotopic (exact) mass is 332 g/mol. The second-order valence-electron chi connectivity index (χ2n) is 5.62. The molecule has 0 saturated heterocycles. The summed E-state index contributed by atoms with van der Waals surface area (Å²) in [6, 6.07) is 13.4. The number of urea groups is 1. The van der Waals surface area contributed by atoms with Crippen LogP contribution in [0.2, 0.25) is 0 Å². The molecule has 6 heteroatoms. The third-order valence-electron chi connectivity index (χ3n) is 3.50. The van der Waals surface area contributed by atoms with Crippen LogP contribution in [-0.4, -0.2) is 26.7 Å². The summed E-state index contributed by atoms with van der Waals surface area (Å²) >= 11 is 0. The molecule has 0 radical (unpaired) electrons. The smallest absolute Gasteiger partial charge is 0.319 e. The largest absolute Gasteiger partial charge is 0.351 e. The minimum absolute atomic E-state index is 0.0679. The van der Waals surface area contributed by atoms with Crippen LogP contribution in [0.15, 0.2) is 53.4 Å². The Morgan fingerprint density at radius 1 is 1.04 bits per heavy atom. The van der Waals surface area contributed by atoms with E-state index in [9.17, 15) is 13.2 Å². The summed E-state index contributed by atoms with van der Waals surface area (Å²) in [5, 5.41) is 0. The van der Waals surface area contributed by atoms with Crippen molar-refractivity contribution in [1.82, 2.24) is 0 Å². The molecule has 2 aromatic rings. The van der Waals surface area contributed by atoms with Gasteiger partial charge in [0.05, 0.1) is 4.90 Å². The van der Waals surface area contributed by atoms with Crippen LogP contribution in [0.3, 0.4) is 0 Å². The summed E-state index contributed by atoms with van der Waals surface area (Å²) in [5.41, 5.74) is 7.48. The molecule has 2 rings (SSSR count). The Bertz CT molecular complexity index is 812. The van der Waals surface area contributed by atoms with Gasteiger partial charge in [0.2, 0.25) is 0 Å². The predicted octanol–water partition coefficient (Wildman–Crippen LogP) is 3.05. The SMILES string of the molecule is CC(C)N(C(N)=O)c1ccc(-c2ccccc2S(C)(=O)=O)cc1. The minimum Gasteiger partial charge on any atom is -0.351 e. The van der Waals surface area contributed by atoms with Gasteiger partial charge in [-0.2, -0.15) is 0 Å². The van der Waals surface area contributed by atoms with Gasteiger partial charge in [0.25, 0.3) is 0 Å². The topological polar surface area (TPSA) is 80.5 Å². The van der Waals surface area contributed by atoms with Gasteiger partial charge in [0.15, 0.2) is 9.84 Å². The van der Waals surface area contributed by atoms with Crippen molar-refractivity contribution in [2.45, 2.75) is 24.8 Å². The third kappa shape index (κ3) is 3.71. The second kappa shape index (κ2) is 6.42. The van der Waals surface area contributed by atoms with Crippen molar-refractivity contribution in [3.63, 3.8) is 0 Å². The van der Waals surface area contributed by atoms with E-state index in [0.29, 0.717) is 11.3 Å². The number of carbonyl (C=O) groups excluding carboxylic acids is 1. The van der Waals surface area contributed by atoms with Crippen molar-refractivity contribution in [1.29, 1.82) is 0 Å². The zero-order valence-electron chi connectivity index (χ0n) is 13.4. The van der Waals surface area contributed by atoms with Crippen molar-refractivity contribution >= 4 is 21.6 Å². The molecule has 23 heavy (non-hydrogen) atoms. The molecule has 2 amide bonds. The first kappa shape index (κ1) is 17.0. The van der Waals surface area contributed by atoms with Crippen LogP contribution in [-0.2, 0) is 9.84 Å². The van der Waals surface area contributed by atoms with Gasteiger partial charge in [-0.15, -0.1) is 0 Å². The highest BCUT2D eigenvalue weighted by Gasteiger charge is 2.17. The number of anilines is 1. The molecule has 0 aliphatic rings. The number of sulfone groups is 1. The fourth-order valence-corrected chi connectivity index (χ4v) is 3.42. The van der Waals surface area contributed by atoms with Crippen molar-refractivity contribution < 1.29 is 13.2 Å². The summed E-state index contributed by atoms with van der Waals surface area (Å²) in [4.78, 5) is 13.3. The van der Waals surface area contributed by atoms with Crippen molar-refractivity contribution in [2.24, 2.45) is 5.73 Å². The van der Waals surface area contributed by atoms with Gasteiger partial charge >= 0.3 is 6.03 Å². The Morgan fingerprint density at radius 3 is 2.09 bits per heavy atom. The lowest BCUT2D eigenvalue weighted by molar-refractivity contribution is 0.252. The molecule has 0 heterocycles. The van der Waals surface area contributed by atoms with Crippen LogP contribution >= 0.6 is 0 Å². The fraction of sp³-hybridized carbons (Fsp3) is 0.235. The number of nitrogens with zero attached hydrogens (tertiary/aromatic N) is 1. The number of nitrogens with two attached hydrogens (primary N) is 1. The molecule has 0 bridgehead atoms. The number of amides is 2. The Morgan fingerprint density at radius 2 is 1.61 bits per heavy atom. The van der Waals surface area contributed by atoms with Gasteiger partial charge < -0.3 is 5.73 Å². The molecule has 0 aromatic heterocycles. The number of carbonyl (C=O) groups is 1. The van der Waals surface area contributed by atoms with E-state index in [-0.39, 0.29) is 10.9 Å². The highest BCUT2D eigenvalue weighted by molar-refractivity contribution is 7.90. The Balaban J connectivity index is 2.48. The lowest BCUT2D eigenvalue weighted by atomic mass is 10.0. The fourth-order valence-electron chi connectivity index (χ4n) is 2.51. The molecule has 5 nitrogen and oxygen atoms in total. The van der Waals surface area contributed by atoms with Crippen LogP contribution in [0, 0.1) is 0 Å². The Kier molecular flexibility index (Phi) is 4.75. The van der Waals surface area contributed by atoms with Gasteiger partial charge in [-0.1, -0.05) is 30.3 Å². The summed E-state index contributed by atoms with van der Waals surface area (Å²) in [7, 11) is -3.32. The molecule has 122 valence electrons. The number of hydrogen-bond donors (Lipinski definition) is 1. The highest BCUT2D eigenvalue weighted by atomic mass is 32.2. The summed E-state index contributed by atoms with van der Waals surface area (Å²) in [5.74, 6) is 0. The number of rotatable bonds is 4. The first-order valence-corrected chi connectivity index (χ1v) is 9.09. The normalized spacial score (nSPS) is 11.5. The molecule has 2 N–H and O–H groups in total. The Labute approximate surface area is 136 Å². The van der Waals surface area contributed by atoms with Crippen LogP contribution < -0.4 is 10.6 Å². The van der Waals surface area contributed by atoms with Crippen molar-refractivity contribution in [3.05, 3.63) is 48.5 Å². The van der Waals surface area contributed by atoms with E-state index in [1.807, 2.05) is 13.8 Å². The van der Waals surface area contributed by atoms with E-state index in [2.05, 4.69) is 0 Å². The number of hydrogen-bond acceptors (Lipinski definition) is 3. The van der Waals surface area contributed by atoms with E-state index < -0.39 is 15.9 Å². The average molecular weight is 332 g/mol. The average Bonchev–Trinajstić information content (AvgIpc) is 2.46. The van der Waals surface area contributed by atoms with E-state index in [4.69, 9.17) is 5.73 Å². The molecule has 0 atom stereocenters. The Hall–Kier alpha value is -2.34. The van der Waals surface area contributed by atoms with Gasteiger partial charge in [-0.05, 0) is 37.6 Å². The summed E-state index contributed by atoms with van der Waals surface area (Å²) in [6.45, 7) is 3.75. The van der Waals surface area contributed by atoms with E-state index in [1.165, 1.54) is 11.2 Å². The lowest BCUT2D eigenvalue weighted by Crippen LogP contribution is -2.40. The zero-order valence-corrected chi connectivity index (χ0v) is 14.2. The van der Waals surface area contributed by atoms with Crippen molar-refractivity contribution in [3.8, 4) is 11.1 Å². The van der Waals surface area contributed by atoms with E-state index in [1.54, 1.807) is 48.5 Å². The van der Waals surface area contributed by atoms with Gasteiger partial charge in [-0.3, -0.25) is 4.90 Å². The molecule has 0 aliphatic carbocycles. The lowest BCUT2D eigenvalue weighted by Gasteiger charge is -2.24. The molecule has 2 aromatic carbocycles. The zero-order chi connectivity index (χ0) is 17.2.